The summed E-state index contributed by atoms with van der Waals surface area (Å²) < 4.78 is 6.03. The van der Waals surface area contributed by atoms with Gasteiger partial charge in [0.05, 0.1) is 6.10 Å². The summed E-state index contributed by atoms with van der Waals surface area (Å²) in [5.41, 5.74) is 1.06. The van der Waals surface area contributed by atoms with Crippen molar-refractivity contribution in [3.8, 4) is 0 Å². The maximum atomic E-state index is 13.4. The van der Waals surface area contributed by atoms with Crippen LogP contribution in [-0.4, -0.2) is 62.1 Å². The molecule has 1 saturated heterocycles. The lowest BCUT2D eigenvalue weighted by molar-refractivity contribution is -0.133. The second-order valence-corrected chi connectivity index (χ2v) is 8.95. The third kappa shape index (κ3) is 6.88. The van der Waals surface area contributed by atoms with Crippen LogP contribution >= 0.6 is 11.8 Å². The Balaban J connectivity index is 1.57. The van der Waals surface area contributed by atoms with E-state index >= 15 is 0 Å². The molecule has 29 heavy (non-hydrogen) atoms. The summed E-state index contributed by atoms with van der Waals surface area (Å²) in [5.74, 6) is 0.205. The summed E-state index contributed by atoms with van der Waals surface area (Å²) in [6.45, 7) is 3.39. The highest BCUT2D eigenvalue weighted by Crippen LogP contribution is 2.37. The predicted octanol–water partition coefficient (Wildman–Crippen LogP) is 4.48. The third-order valence-corrected chi connectivity index (χ3v) is 6.43. The molecule has 1 amide bonds. The van der Waals surface area contributed by atoms with Crippen LogP contribution in [0.5, 0.6) is 0 Å². The number of thioether (sulfide) groups is 1. The molecule has 0 aliphatic carbocycles. The summed E-state index contributed by atoms with van der Waals surface area (Å²) in [6.07, 6.45) is 3.17. The van der Waals surface area contributed by atoms with Gasteiger partial charge >= 0.3 is 0 Å². The van der Waals surface area contributed by atoms with E-state index in [2.05, 4.69) is 43.3 Å². The zero-order chi connectivity index (χ0) is 20.5. The van der Waals surface area contributed by atoms with Crippen molar-refractivity contribution in [1.82, 2.24) is 9.80 Å². The molecule has 156 valence electrons. The summed E-state index contributed by atoms with van der Waals surface area (Å²) in [4.78, 5) is 18.7. The van der Waals surface area contributed by atoms with Crippen molar-refractivity contribution in [2.75, 3.05) is 40.3 Å². The molecule has 1 aliphatic rings. The summed E-state index contributed by atoms with van der Waals surface area (Å²) in [7, 11) is 4.17. The zero-order valence-corrected chi connectivity index (χ0v) is 18.3. The van der Waals surface area contributed by atoms with Crippen molar-refractivity contribution in [2.24, 2.45) is 0 Å². The van der Waals surface area contributed by atoms with Crippen LogP contribution in [0.2, 0.25) is 0 Å². The maximum Gasteiger partial charge on any atom is 0.240 e. The van der Waals surface area contributed by atoms with Crippen LogP contribution in [0, 0.1) is 0 Å². The molecule has 4 nitrogen and oxygen atoms in total. The number of likely N-dealkylation sites (tertiary alicyclic amines) is 1. The van der Waals surface area contributed by atoms with Gasteiger partial charge in [0.25, 0.3) is 0 Å². The molecule has 2 aromatic carbocycles. The Labute approximate surface area is 179 Å². The van der Waals surface area contributed by atoms with E-state index in [1.165, 1.54) is 0 Å². The minimum Gasteiger partial charge on any atom is -0.378 e. The smallest absolute Gasteiger partial charge is 0.240 e. The van der Waals surface area contributed by atoms with Crippen LogP contribution < -0.4 is 0 Å². The highest BCUT2D eigenvalue weighted by atomic mass is 32.2. The lowest BCUT2D eigenvalue weighted by atomic mass is 10.1. The molecular weight excluding hydrogens is 380 g/mol. The quantitative estimate of drug-likeness (QED) is 0.449. The standard InChI is InChI=1S/C24H32N2O2S/c1-25(2)16-9-19-28-21-14-17-26(18-15-21)24(27)23(20-10-5-3-6-11-20)29-22-12-7-4-8-13-22/h3-8,10-13,21,23H,9,14-19H2,1-2H3/t23-/m0/s1. The summed E-state index contributed by atoms with van der Waals surface area (Å²) in [6, 6.07) is 20.3. The molecule has 0 N–H and O–H groups in total. The van der Waals surface area contributed by atoms with E-state index in [1.807, 2.05) is 41.3 Å². The number of amides is 1. The fraction of sp³-hybridized carbons (Fsp3) is 0.458. The van der Waals surface area contributed by atoms with Gasteiger partial charge < -0.3 is 14.5 Å². The first-order valence-electron chi connectivity index (χ1n) is 10.5. The Morgan fingerprint density at radius 1 is 1.07 bits per heavy atom. The fourth-order valence-electron chi connectivity index (χ4n) is 3.56. The number of benzene rings is 2. The van der Waals surface area contributed by atoms with Crippen LogP contribution in [0.3, 0.4) is 0 Å². The van der Waals surface area contributed by atoms with Gasteiger partial charge in [-0.15, -0.1) is 11.8 Å². The van der Waals surface area contributed by atoms with Gasteiger partial charge in [-0.2, -0.15) is 0 Å². The first-order chi connectivity index (χ1) is 14.1. The molecule has 1 fully saturated rings. The van der Waals surface area contributed by atoms with Gasteiger partial charge in [0, 0.05) is 24.6 Å². The van der Waals surface area contributed by atoms with E-state index in [0.717, 1.165) is 56.0 Å². The molecule has 0 aromatic heterocycles. The monoisotopic (exact) mass is 412 g/mol. The molecule has 0 bridgehead atoms. The van der Waals surface area contributed by atoms with Crippen molar-refractivity contribution >= 4 is 17.7 Å². The second kappa shape index (κ2) is 11.4. The molecule has 1 aliphatic heterocycles. The predicted molar refractivity (Wildman–Crippen MR) is 120 cm³/mol. The highest BCUT2D eigenvalue weighted by Gasteiger charge is 2.30. The van der Waals surface area contributed by atoms with Gasteiger partial charge in [0.2, 0.25) is 5.91 Å². The van der Waals surface area contributed by atoms with Gasteiger partial charge in [-0.1, -0.05) is 48.5 Å². The lowest BCUT2D eigenvalue weighted by Crippen LogP contribution is -2.42. The van der Waals surface area contributed by atoms with Crippen molar-refractivity contribution in [3.63, 3.8) is 0 Å². The number of hydrogen-bond donors (Lipinski definition) is 0. The minimum atomic E-state index is -0.212. The second-order valence-electron chi connectivity index (χ2n) is 7.77. The molecule has 0 saturated carbocycles. The van der Waals surface area contributed by atoms with E-state index in [0.29, 0.717) is 0 Å². The molecule has 1 heterocycles. The third-order valence-electron chi connectivity index (χ3n) is 5.18. The van der Waals surface area contributed by atoms with Gasteiger partial charge in [0.1, 0.15) is 5.25 Å². The zero-order valence-electron chi connectivity index (χ0n) is 17.5. The average Bonchev–Trinajstić information content (AvgIpc) is 2.76. The number of nitrogens with zero attached hydrogens (tertiary/aromatic N) is 2. The van der Waals surface area contributed by atoms with Gasteiger partial charge in [-0.3, -0.25) is 4.79 Å². The molecule has 5 heteroatoms. The molecule has 2 aromatic rings. The molecule has 1 atom stereocenters. The fourth-order valence-corrected chi connectivity index (χ4v) is 4.69. The molecule has 3 rings (SSSR count). The first-order valence-corrected chi connectivity index (χ1v) is 11.3. The Morgan fingerprint density at radius 2 is 1.69 bits per heavy atom. The Hall–Kier alpha value is -1.82. The Morgan fingerprint density at radius 3 is 2.31 bits per heavy atom. The van der Waals surface area contributed by atoms with Crippen molar-refractivity contribution < 1.29 is 9.53 Å². The van der Waals surface area contributed by atoms with Crippen LogP contribution in [-0.2, 0) is 9.53 Å². The molecule has 0 unspecified atom stereocenters. The largest absolute Gasteiger partial charge is 0.378 e. The lowest BCUT2D eigenvalue weighted by Gasteiger charge is -2.34. The first kappa shape index (κ1) is 21.9. The molecule has 0 radical (unpaired) electrons. The van der Waals surface area contributed by atoms with E-state index in [1.54, 1.807) is 11.8 Å². The van der Waals surface area contributed by atoms with Gasteiger partial charge in [-0.25, -0.2) is 0 Å². The van der Waals surface area contributed by atoms with Gasteiger partial charge in [-0.05, 0) is 57.6 Å². The topological polar surface area (TPSA) is 32.8 Å². The molecule has 0 spiro atoms. The molecular formula is C24H32N2O2S. The van der Waals surface area contributed by atoms with Crippen LogP contribution in [0.1, 0.15) is 30.1 Å². The number of carbonyl (C=O) groups excluding carboxylic acids is 1. The van der Waals surface area contributed by atoms with E-state index in [-0.39, 0.29) is 17.3 Å². The Kier molecular flexibility index (Phi) is 8.59. The van der Waals surface area contributed by atoms with Crippen molar-refractivity contribution in [1.29, 1.82) is 0 Å². The Bertz CT molecular complexity index is 731. The summed E-state index contributed by atoms with van der Waals surface area (Å²) >= 11 is 1.64. The number of rotatable bonds is 9. The van der Waals surface area contributed by atoms with Gasteiger partial charge in [0.15, 0.2) is 0 Å². The minimum absolute atomic E-state index is 0.205. The van der Waals surface area contributed by atoms with E-state index in [9.17, 15) is 4.79 Å². The maximum absolute atomic E-state index is 13.4. The summed E-state index contributed by atoms with van der Waals surface area (Å²) in [5, 5.41) is -0.212. The normalized spacial score (nSPS) is 16.2. The van der Waals surface area contributed by atoms with Crippen LogP contribution in [0.4, 0.5) is 0 Å². The average molecular weight is 413 g/mol. The van der Waals surface area contributed by atoms with Crippen molar-refractivity contribution in [3.05, 3.63) is 66.2 Å². The highest BCUT2D eigenvalue weighted by molar-refractivity contribution is 8.00. The number of carbonyl (C=O) groups is 1. The number of piperidine rings is 1. The van der Waals surface area contributed by atoms with Crippen molar-refractivity contribution in [2.45, 2.75) is 35.5 Å². The van der Waals surface area contributed by atoms with Crippen LogP contribution in [0.25, 0.3) is 0 Å². The number of ether oxygens (including phenoxy) is 1. The SMILES string of the molecule is CN(C)CCCOC1CCN(C(=O)[C@@H](Sc2ccccc2)c2ccccc2)CC1. The van der Waals surface area contributed by atoms with Crippen LogP contribution in [0.15, 0.2) is 65.6 Å². The number of hydrogen-bond acceptors (Lipinski definition) is 4. The van der Waals surface area contributed by atoms with E-state index in [4.69, 9.17) is 4.74 Å². The van der Waals surface area contributed by atoms with E-state index < -0.39 is 0 Å².